The number of pyridine rings is 1. The minimum Gasteiger partial charge on any atom is -0.493 e. The third-order valence-electron chi connectivity index (χ3n) is 4.20. The highest BCUT2D eigenvalue weighted by molar-refractivity contribution is 5.46. The minimum atomic E-state index is 0.793. The maximum atomic E-state index is 5.56. The average molecular weight is 305 g/mol. The fourth-order valence-electron chi connectivity index (χ4n) is 2.96. The summed E-state index contributed by atoms with van der Waals surface area (Å²) in [6.45, 7) is 0.793. The molecule has 0 radical (unpaired) electrons. The molecule has 116 valence electrons. The number of hydrogen-bond donors (Lipinski definition) is 0. The number of aryl methyl sites for hydroxylation is 2. The first-order valence-corrected chi connectivity index (χ1v) is 8.07. The molecular weight excluding hydrogens is 286 g/mol. The Balaban J connectivity index is 1.41. The molecule has 1 aliphatic rings. The van der Waals surface area contributed by atoms with Crippen molar-refractivity contribution in [3.8, 4) is 11.4 Å². The third kappa shape index (κ3) is 3.11. The summed E-state index contributed by atoms with van der Waals surface area (Å²) in [5, 5.41) is 0. The van der Waals surface area contributed by atoms with Gasteiger partial charge >= 0.3 is 0 Å². The molecule has 4 nitrogen and oxygen atoms in total. The lowest BCUT2D eigenvalue weighted by atomic mass is 10.1. The van der Waals surface area contributed by atoms with Gasteiger partial charge in [-0.25, -0.2) is 4.98 Å². The van der Waals surface area contributed by atoms with Crippen molar-refractivity contribution in [2.45, 2.75) is 25.7 Å². The van der Waals surface area contributed by atoms with Gasteiger partial charge in [-0.2, -0.15) is 0 Å². The lowest BCUT2D eigenvalue weighted by Gasteiger charge is -2.04. The Hall–Kier alpha value is -2.62. The van der Waals surface area contributed by atoms with Gasteiger partial charge in [0.2, 0.25) is 0 Å². The van der Waals surface area contributed by atoms with E-state index in [9.17, 15) is 0 Å². The van der Waals surface area contributed by atoms with Crippen LogP contribution in [0.1, 0.15) is 23.4 Å². The molecule has 23 heavy (non-hydrogen) atoms. The first kappa shape index (κ1) is 14.0. The molecule has 0 spiro atoms. The largest absolute Gasteiger partial charge is 0.493 e. The monoisotopic (exact) mass is 305 g/mol. The van der Waals surface area contributed by atoms with E-state index >= 15 is 0 Å². The quantitative estimate of drug-likeness (QED) is 0.725. The van der Waals surface area contributed by atoms with Gasteiger partial charge in [-0.1, -0.05) is 6.07 Å². The second-order valence-electron chi connectivity index (χ2n) is 5.84. The predicted molar refractivity (Wildman–Crippen MR) is 89.0 cm³/mol. The van der Waals surface area contributed by atoms with Crippen LogP contribution in [0.5, 0.6) is 5.75 Å². The van der Waals surface area contributed by atoms with Crippen molar-refractivity contribution in [2.24, 2.45) is 0 Å². The van der Waals surface area contributed by atoms with E-state index in [4.69, 9.17) is 4.74 Å². The summed E-state index contributed by atoms with van der Waals surface area (Å²) in [7, 11) is 0. The van der Waals surface area contributed by atoms with E-state index in [2.05, 4.69) is 45.0 Å². The molecule has 0 atom stereocenters. The molecule has 1 aromatic carbocycles. The summed E-state index contributed by atoms with van der Waals surface area (Å²) < 4.78 is 7.65. The van der Waals surface area contributed by atoms with E-state index in [1.54, 1.807) is 0 Å². The summed E-state index contributed by atoms with van der Waals surface area (Å²) in [6, 6.07) is 12.4. The van der Waals surface area contributed by atoms with Crippen molar-refractivity contribution in [3.05, 3.63) is 72.1 Å². The van der Waals surface area contributed by atoms with Gasteiger partial charge < -0.3 is 9.30 Å². The number of imidazole rings is 1. The average Bonchev–Trinajstić information content (AvgIpc) is 3.24. The first-order chi connectivity index (χ1) is 11.4. The Labute approximate surface area is 135 Å². The van der Waals surface area contributed by atoms with Crippen molar-refractivity contribution in [2.75, 3.05) is 6.61 Å². The zero-order valence-electron chi connectivity index (χ0n) is 13.0. The second-order valence-corrected chi connectivity index (χ2v) is 5.84. The second kappa shape index (κ2) is 6.24. The number of fused-ring (bicyclic) bond motifs is 1. The Morgan fingerprint density at radius 3 is 2.91 bits per heavy atom. The maximum Gasteiger partial charge on any atom is 0.122 e. The zero-order valence-corrected chi connectivity index (χ0v) is 13.0. The molecule has 0 bridgehead atoms. The van der Waals surface area contributed by atoms with E-state index in [0.29, 0.717) is 0 Å². The van der Waals surface area contributed by atoms with E-state index in [-0.39, 0.29) is 0 Å². The fraction of sp³-hybridized carbons (Fsp3) is 0.263. The van der Waals surface area contributed by atoms with Crippen LogP contribution >= 0.6 is 0 Å². The van der Waals surface area contributed by atoms with Gasteiger partial charge in [-0.3, -0.25) is 4.98 Å². The Kier molecular flexibility index (Phi) is 3.80. The van der Waals surface area contributed by atoms with Crippen LogP contribution in [0.2, 0.25) is 0 Å². The van der Waals surface area contributed by atoms with Gasteiger partial charge in [0.15, 0.2) is 0 Å². The van der Waals surface area contributed by atoms with Gasteiger partial charge in [0.05, 0.1) is 18.6 Å². The molecule has 4 heteroatoms. The topological polar surface area (TPSA) is 39.9 Å². The zero-order chi connectivity index (χ0) is 15.5. The Bertz CT molecular complexity index is 795. The van der Waals surface area contributed by atoms with Gasteiger partial charge in [0, 0.05) is 30.2 Å². The lowest BCUT2D eigenvalue weighted by Crippen LogP contribution is -1.93. The molecule has 4 rings (SSSR count). The van der Waals surface area contributed by atoms with E-state index in [0.717, 1.165) is 55.1 Å². The highest BCUT2D eigenvalue weighted by atomic mass is 16.5. The molecule has 1 aliphatic heterocycles. The standard InChI is InChI=1S/C19H19N3O/c1-2-10-20-16(4-1)5-3-6-17-13-22(14-21-17)18-7-8-19-15(12-18)9-11-23-19/h1-2,4,7-8,10,12-14H,3,5-6,9,11H2. The van der Waals surface area contributed by atoms with Crippen molar-refractivity contribution in [1.29, 1.82) is 0 Å². The highest BCUT2D eigenvalue weighted by Gasteiger charge is 2.12. The molecule has 0 amide bonds. The number of aromatic nitrogens is 3. The lowest BCUT2D eigenvalue weighted by molar-refractivity contribution is 0.357. The van der Waals surface area contributed by atoms with Crippen LogP contribution in [0.25, 0.3) is 5.69 Å². The molecule has 0 fully saturated rings. The third-order valence-corrected chi connectivity index (χ3v) is 4.20. The van der Waals surface area contributed by atoms with Crippen molar-refractivity contribution in [1.82, 2.24) is 14.5 Å². The fourth-order valence-corrected chi connectivity index (χ4v) is 2.96. The van der Waals surface area contributed by atoms with Gasteiger partial charge in [0.25, 0.3) is 0 Å². The molecule has 0 aliphatic carbocycles. The van der Waals surface area contributed by atoms with Gasteiger partial charge in [-0.15, -0.1) is 0 Å². The number of hydrogen-bond acceptors (Lipinski definition) is 3. The molecule has 0 unspecified atom stereocenters. The minimum absolute atomic E-state index is 0.793. The number of nitrogens with zero attached hydrogens (tertiary/aromatic N) is 3. The molecule has 3 heterocycles. The number of ether oxygens (including phenoxy) is 1. The van der Waals surface area contributed by atoms with Gasteiger partial charge in [-0.05, 0) is 55.2 Å². The molecule has 0 saturated carbocycles. The number of rotatable bonds is 5. The van der Waals surface area contributed by atoms with Gasteiger partial charge in [0.1, 0.15) is 5.75 Å². The van der Waals surface area contributed by atoms with E-state index in [1.807, 2.05) is 24.7 Å². The highest BCUT2D eigenvalue weighted by Crippen LogP contribution is 2.27. The van der Waals surface area contributed by atoms with E-state index in [1.165, 1.54) is 5.56 Å². The van der Waals surface area contributed by atoms with Crippen molar-refractivity contribution >= 4 is 0 Å². The van der Waals surface area contributed by atoms with Crippen molar-refractivity contribution in [3.63, 3.8) is 0 Å². The summed E-state index contributed by atoms with van der Waals surface area (Å²) in [4.78, 5) is 8.89. The van der Waals surface area contributed by atoms with Crippen LogP contribution in [0.4, 0.5) is 0 Å². The molecule has 0 saturated heterocycles. The molecular formula is C19H19N3O. The van der Waals surface area contributed by atoms with E-state index < -0.39 is 0 Å². The summed E-state index contributed by atoms with van der Waals surface area (Å²) in [5.41, 5.74) is 4.70. The summed E-state index contributed by atoms with van der Waals surface area (Å²) >= 11 is 0. The van der Waals surface area contributed by atoms with Crippen LogP contribution in [0.15, 0.2) is 55.1 Å². The molecule has 3 aromatic rings. The number of benzene rings is 1. The molecule has 2 aromatic heterocycles. The smallest absolute Gasteiger partial charge is 0.122 e. The van der Waals surface area contributed by atoms with Crippen LogP contribution < -0.4 is 4.74 Å². The Morgan fingerprint density at radius 1 is 1.04 bits per heavy atom. The van der Waals surface area contributed by atoms with Crippen LogP contribution in [0, 0.1) is 0 Å². The van der Waals surface area contributed by atoms with Crippen LogP contribution in [-0.2, 0) is 19.3 Å². The van der Waals surface area contributed by atoms with Crippen LogP contribution in [0.3, 0.4) is 0 Å². The SMILES string of the molecule is c1ccc(CCCc2cn(-c3ccc4c(c3)CCO4)cn2)nc1. The molecule has 0 N–H and O–H groups in total. The Morgan fingerprint density at radius 2 is 2.00 bits per heavy atom. The van der Waals surface area contributed by atoms with Crippen molar-refractivity contribution < 1.29 is 4.74 Å². The normalized spacial score (nSPS) is 12.9. The summed E-state index contributed by atoms with van der Waals surface area (Å²) in [5.74, 6) is 1.02. The summed E-state index contributed by atoms with van der Waals surface area (Å²) in [6.07, 6.45) is 9.88. The first-order valence-electron chi connectivity index (χ1n) is 8.07. The van der Waals surface area contributed by atoms with Crippen LogP contribution in [-0.4, -0.2) is 21.1 Å². The maximum absolute atomic E-state index is 5.56. The predicted octanol–water partition coefficient (Wildman–Crippen LogP) is 3.38.